The summed E-state index contributed by atoms with van der Waals surface area (Å²) in [5.41, 5.74) is 2.32. The summed E-state index contributed by atoms with van der Waals surface area (Å²) in [6.07, 6.45) is 0. The maximum atomic E-state index is 12.4. The van der Waals surface area contributed by atoms with Crippen molar-refractivity contribution in [1.29, 1.82) is 0 Å². The van der Waals surface area contributed by atoms with Gasteiger partial charge in [0.15, 0.2) is 0 Å². The number of H-pyrrole nitrogens is 1. The summed E-state index contributed by atoms with van der Waals surface area (Å²) in [7, 11) is -3.93. The summed E-state index contributed by atoms with van der Waals surface area (Å²) in [5, 5.41) is 2.82. The number of anilines is 1. The van der Waals surface area contributed by atoms with Crippen molar-refractivity contribution >= 4 is 55.7 Å². The van der Waals surface area contributed by atoms with Crippen LogP contribution in [0.25, 0.3) is 11.0 Å². The molecular weight excluding hydrogens is 385 g/mol. The summed E-state index contributed by atoms with van der Waals surface area (Å²) in [6, 6.07) is 9.84. The monoisotopic (exact) mass is 397 g/mol. The fraction of sp³-hybridized carbons (Fsp3) is 0.125. The topological polar surface area (TPSA) is 91.9 Å². The molecule has 1 aromatic heterocycles. The first kappa shape index (κ1) is 17.7. The molecule has 0 aliphatic carbocycles. The molecule has 0 aliphatic heterocycles. The fourth-order valence-corrected chi connectivity index (χ4v) is 3.66. The third-order valence-corrected chi connectivity index (χ3v) is 5.42. The quantitative estimate of drug-likeness (QED) is 0.703. The van der Waals surface area contributed by atoms with E-state index in [-0.39, 0.29) is 15.9 Å². The molecule has 3 aromatic rings. The van der Waals surface area contributed by atoms with E-state index in [1.165, 1.54) is 12.1 Å². The molecule has 6 nitrogen and oxygen atoms in total. The molecule has 2 aromatic carbocycles. The number of carbonyl (C=O) groups excluding carboxylic acids is 1. The summed E-state index contributed by atoms with van der Waals surface area (Å²) in [5.74, 6) is -1.50. The van der Waals surface area contributed by atoms with Gasteiger partial charge in [-0.05, 0) is 42.8 Å². The van der Waals surface area contributed by atoms with Gasteiger partial charge in [-0.2, -0.15) is 0 Å². The molecule has 3 rings (SSSR count). The van der Waals surface area contributed by atoms with Gasteiger partial charge in [0.2, 0.25) is 20.9 Å². The van der Waals surface area contributed by atoms with Crippen LogP contribution in [0, 0.1) is 6.92 Å². The summed E-state index contributed by atoms with van der Waals surface area (Å²) in [4.78, 5) is 18.9. The van der Waals surface area contributed by atoms with Crippen LogP contribution in [0.15, 0.2) is 41.6 Å². The number of sulfone groups is 1. The van der Waals surface area contributed by atoms with Crippen LogP contribution in [0.1, 0.15) is 5.56 Å². The van der Waals surface area contributed by atoms with Crippen molar-refractivity contribution in [3.63, 3.8) is 0 Å². The molecule has 0 radical (unpaired) electrons. The van der Waals surface area contributed by atoms with E-state index in [2.05, 4.69) is 15.3 Å². The van der Waals surface area contributed by atoms with E-state index in [0.717, 1.165) is 5.56 Å². The van der Waals surface area contributed by atoms with Crippen molar-refractivity contribution < 1.29 is 13.2 Å². The molecule has 9 heteroatoms. The summed E-state index contributed by atoms with van der Waals surface area (Å²) < 4.78 is 24.9. The lowest BCUT2D eigenvalue weighted by Gasteiger charge is -2.07. The van der Waals surface area contributed by atoms with Gasteiger partial charge in [-0.15, -0.1) is 0 Å². The zero-order valence-electron chi connectivity index (χ0n) is 13.0. The second kappa shape index (κ2) is 6.67. The third kappa shape index (κ3) is 3.95. The first-order valence-electron chi connectivity index (χ1n) is 7.19. The minimum atomic E-state index is -3.93. The van der Waals surface area contributed by atoms with Crippen molar-refractivity contribution in [2.45, 2.75) is 12.1 Å². The van der Waals surface area contributed by atoms with Crippen molar-refractivity contribution in [3.05, 3.63) is 52.0 Å². The number of nitrogens with one attached hydrogen (secondary N) is 2. The largest absolute Gasteiger partial charge is 0.329 e. The number of halogens is 2. The van der Waals surface area contributed by atoms with Crippen LogP contribution in [-0.2, 0) is 14.6 Å². The van der Waals surface area contributed by atoms with Gasteiger partial charge in [-0.25, -0.2) is 13.4 Å². The molecule has 2 N–H and O–H groups in total. The number of amides is 1. The van der Waals surface area contributed by atoms with Gasteiger partial charge in [0.1, 0.15) is 5.75 Å². The highest BCUT2D eigenvalue weighted by molar-refractivity contribution is 7.92. The molecular formula is C16H13Cl2N3O3S. The maximum Gasteiger partial charge on any atom is 0.240 e. The molecule has 0 saturated carbocycles. The number of aromatic nitrogens is 2. The molecule has 0 aliphatic rings. The van der Waals surface area contributed by atoms with Crippen molar-refractivity contribution in [2.24, 2.45) is 0 Å². The Morgan fingerprint density at radius 1 is 1.20 bits per heavy atom. The molecule has 130 valence electrons. The minimum Gasteiger partial charge on any atom is -0.329 e. The van der Waals surface area contributed by atoms with Crippen LogP contribution >= 0.6 is 23.2 Å². The molecule has 0 saturated heterocycles. The molecule has 1 heterocycles. The van der Waals surface area contributed by atoms with Crippen LogP contribution in [0.2, 0.25) is 10.0 Å². The van der Waals surface area contributed by atoms with Gasteiger partial charge in [-0.3, -0.25) is 4.79 Å². The van der Waals surface area contributed by atoms with Crippen molar-refractivity contribution in [3.8, 4) is 0 Å². The number of imidazole rings is 1. The lowest BCUT2D eigenvalue weighted by atomic mass is 10.2. The molecule has 0 spiro atoms. The second-order valence-electron chi connectivity index (χ2n) is 5.49. The van der Waals surface area contributed by atoms with Gasteiger partial charge in [0.05, 0.1) is 21.7 Å². The Hall–Kier alpha value is -2.09. The SMILES string of the molecule is Cc1ccc2nc(S(=O)(=O)CC(=O)Nc3cc(Cl)ccc3Cl)[nH]c2c1. The molecule has 1 amide bonds. The Balaban J connectivity index is 1.82. The highest BCUT2D eigenvalue weighted by atomic mass is 35.5. The molecule has 25 heavy (non-hydrogen) atoms. The Morgan fingerprint density at radius 3 is 2.72 bits per heavy atom. The van der Waals surface area contributed by atoms with Gasteiger partial charge in [-0.1, -0.05) is 29.3 Å². The van der Waals surface area contributed by atoms with E-state index in [1.54, 1.807) is 18.2 Å². The molecule has 0 bridgehead atoms. The number of aromatic amines is 1. The first-order valence-corrected chi connectivity index (χ1v) is 9.59. The number of carbonyl (C=O) groups is 1. The number of nitrogens with zero attached hydrogens (tertiary/aromatic N) is 1. The molecule has 0 unspecified atom stereocenters. The maximum absolute atomic E-state index is 12.4. The Bertz CT molecular complexity index is 1080. The standard InChI is InChI=1S/C16H13Cl2N3O3S/c1-9-2-5-12-14(6-9)21-16(20-12)25(23,24)8-15(22)19-13-7-10(17)3-4-11(13)18/h2-7H,8H2,1H3,(H,19,22)(H,20,21). The average molecular weight is 398 g/mol. The minimum absolute atomic E-state index is 0.245. The van der Waals surface area contributed by atoms with E-state index in [4.69, 9.17) is 23.2 Å². The van der Waals surface area contributed by atoms with Gasteiger partial charge in [0.25, 0.3) is 0 Å². The number of aryl methyl sites for hydroxylation is 1. The average Bonchev–Trinajstić information content (AvgIpc) is 2.94. The van der Waals surface area contributed by atoms with E-state index in [9.17, 15) is 13.2 Å². The lowest BCUT2D eigenvalue weighted by Crippen LogP contribution is -2.23. The van der Waals surface area contributed by atoms with E-state index in [0.29, 0.717) is 16.1 Å². The highest BCUT2D eigenvalue weighted by Crippen LogP contribution is 2.25. The highest BCUT2D eigenvalue weighted by Gasteiger charge is 2.23. The fourth-order valence-electron chi connectivity index (χ4n) is 2.27. The first-order chi connectivity index (χ1) is 11.7. The van der Waals surface area contributed by atoms with E-state index < -0.39 is 21.5 Å². The normalized spacial score (nSPS) is 11.6. The van der Waals surface area contributed by atoms with Gasteiger partial charge < -0.3 is 10.3 Å². The number of fused-ring (bicyclic) bond motifs is 1. The second-order valence-corrected chi connectivity index (χ2v) is 8.24. The molecule has 0 atom stereocenters. The Kier molecular flexibility index (Phi) is 4.73. The predicted molar refractivity (Wildman–Crippen MR) is 98.0 cm³/mol. The van der Waals surface area contributed by atoms with Crippen molar-refractivity contribution in [1.82, 2.24) is 9.97 Å². The van der Waals surface area contributed by atoms with Crippen LogP contribution in [0.5, 0.6) is 0 Å². The third-order valence-electron chi connectivity index (χ3n) is 3.43. The van der Waals surface area contributed by atoms with Crippen LogP contribution in [0.3, 0.4) is 0 Å². The Morgan fingerprint density at radius 2 is 1.96 bits per heavy atom. The van der Waals surface area contributed by atoms with Crippen LogP contribution in [-0.4, -0.2) is 30.0 Å². The summed E-state index contributed by atoms with van der Waals surface area (Å²) in [6.45, 7) is 1.89. The van der Waals surface area contributed by atoms with Crippen molar-refractivity contribution in [2.75, 3.05) is 11.1 Å². The Labute approximate surface area is 154 Å². The number of hydrogen-bond acceptors (Lipinski definition) is 4. The van der Waals surface area contributed by atoms with Gasteiger partial charge >= 0.3 is 0 Å². The van der Waals surface area contributed by atoms with Crippen LogP contribution < -0.4 is 5.32 Å². The number of benzene rings is 2. The van der Waals surface area contributed by atoms with E-state index in [1.807, 2.05) is 13.0 Å². The smallest absolute Gasteiger partial charge is 0.240 e. The van der Waals surface area contributed by atoms with E-state index >= 15 is 0 Å². The lowest BCUT2D eigenvalue weighted by molar-refractivity contribution is -0.113. The zero-order chi connectivity index (χ0) is 18.2. The molecule has 0 fully saturated rings. The predicted octanol–water partition coefficient (Wildman–Crippen LogP) is 3.59. The zero-order valence-corrected chi connectivity index (χ0v) is 15.3. The number of hydrogen-bond donors (Lipinski definition) is 2. The summed E-state index contributed by atoms with van der Waals surface area (Å²) >= 11 is 11.8. The number of rotatable bonds is 4. The van der Waals surface area contributed by atoms with Crippen LogP contribution in [0.4, 0.5) is 5.69 Å². The van der Waals surface area contributed by atoms with Gasteiger partial charge in [0, 0.05) is 5.02 Å².